The van der Waals surface area contributed by atoms with Crippen molar-refractivity contribution in [3.63, 3.8) is 0 Å². The summed E-state index contributed by atoms with van der Waals surface area (Å²) in [6, 6.07) is 9.78. The summed E-state index contributed by atoms with van der Waals surface area (Å²) < 4.78 is 5.84. The maximum atomic E-state index is 12.6. The number of nitro groups is 2. The third-order valence-corrected chi connectivity index (χ3v) is 5.60. The van der Waals surface area contributed by atoms with Crippen LogP contribution in [0.3, 0.4) is 0 Å². The number of rotatable bonds is 7. The number of anilines is 1. The Balaban J connectivity index is 1.75. The number of benzene rings is 2. The van der Waals surface area contributed by atoms with Crippen LogP contribution in [0.2, 0.25) is 0 Å². The van der Waals surface area contributed by atoms with Gasteiger partial charge in [-0.15, -0.1) is 11.3 Å². The van der Waals surface area contributed by atoms with Crippen molar-refractivity contribution in [1.29, 1.82) is 0 Å². The van der Waals surface area contributed by atoms with Crippen LogP contribution in [0, 0.1) is 41.0 Å². The van der Waals surface area contributed by atoms with E-state index in [1.54, 1.807) is 11.4 Å². The average molecular weight is 441 g/mol. The molecule has 1 N–H and O–H groups in total. The van der Waals surface area contributed by atoms with Gasteiger partial charge in [-0.05, 0) is 49.4 Å². The summed E-state index contributed by atoms with van der Waals surface area (Å²) in [4.78, 5) is 33.9. The van der Waals surface area contributed by atoms with Crippen molar-refractivity contribution in [3.05, 3.63) is 89.1 Å². The number of carbonyl (C=O) groups excluding carboxylic acids is 1. The van der Waals surface area contributed by atoms with Crippen LogP contribution in [0.25, 0.3) is 0 Å². The Morgan fingerprint density at radius 2 is 1.68 bits per heavy atom. The van der Waals surface area contributed by atoms with E-state index in [1.165, 1.54) is 18.3 Å². The number of nitrogens with one attached hydrogen (secondary N) is 1. The molecule has 0 aliphatic heterocycles. The zero-order valence-electron chi connectivity index (χ0n) is 17.0. The minimum absolute atomic E-state index is 0.0180. The zero-order valence-corrected chi connectivity index (χ0v) is 17.8. The lowest BCUT2D eigenvalue weighted by Gasteiger charge is -2.09. The standard InChI is InChI=1S/C21H19N3O6S/c1-12-4-5-13(2)19(6-12)30-10-15-7-20(31-11-15)21(25)22-16-8-17(23(26)27)14(3)18(9-16)24(28)29/h4-9,11H,10H2,1-3H3,(H,22,25). The fourth-order valence-corrected chi connectivity index (χ4v) is 3.71. The lowest BCUT2D eigenvalue weighted by atomic mass is 10.1. The first kappa shape index (κ1) is 21.9. The largest absolute Gasteiger partial charge is 0.489 e. The van der Waals surface area contributed by atoms with E-state index in [0.29, 0.717) is 4.88 Å². The predicted octanol–water partition coefficient (Wildman–Crippen LogP) is 5.32. The monoisotopic (exact) mass is 441 g/mol. The van der Waals surface area contributed by atoms with Gasteiger partial charge in [0.15, 0.2) is 0 Å². The second-order valence-corrected chi connectivity index (χ2v) is 7.90. The van der Waals surface area contributed by atoms with Crippen LogP contribution in [0.5, 0.6) is 5.75 Å². The van der Waals surface area contributed by atoms with Gasteiger partial charge in [0.05, 0.1) is 20.4 Å². The Morgan fingerprint density at radius 3 is 2.29 bits per heavy atom. The highest BCUT2D eigenvalue weighted by Crippen LogP contribution is 2.32. The van der Waals surface area contributed by atoms with Gasteiger partial charge < -0.3 is 10.1 Å². The number of carbonyl (C=O) groups is 1. The van der Waals surface area contributed by atoms with Crippen LogP contribution >= 0.6 is 11.3 Å². The number of hydrogen-bond donors (Lipinski definition) is 1. The van der Waals surface area contributed by atoms with E-state index in [9.17, 15) is 25.0 Å². The predicted molar refractivity (Wildman–Crippen MR) is 117 cm³/mol. The van der Waals surface area contributed by atoms with Crippen molar-refractivity contribution < 1.29 is 19.4 Å². The fourth-order valence-electron chi connectivity index (χ4n) is 2.92. The second kappa shape index (κ2) is 8.92. The van der Waals surface area contributed by atoms with E-state index in [1.807, 2.05) is 32.0 Å². The molecule has 160 valence electrons. The van der Waals surface area contributed by atoms with Crippen LogP contribution in [0.1, 0.15) is 31.9 Å². The number of hydrogen-bond acceptors (Lipinski definition) is 7. The molecule has 0 atom stereocenters. The van der Waals surface area contributed by atoms with Crippen LogP contribution in [0.15, 0.2) is 41.8 Å². The Bertz CT molecular complexity index is 1150. The number of nitrogens with zero attached hydrogens (tertiary/aromatic N) is 2. The van der Waals surface area contributed by atoms with Crippen LogP contribution < -0.4 is 10.1 Å². The molecule has 3 aromatic rings. The number of amides is 1. The Hall–Kier alpha value is -3.79. The molecular weight excluding hydrogens is 422 g/mol. The topological polar surface area (TPSA) is 125 Å². The van der Waals surface area contributed by atoms with Crippen molar-refractivity contribution in [2.24, 2.45) is 0 Å². The molecule has 3 rings (SSSR count). The average Bonchev–Trinajstić information content (AvgIpc) is 3.18. The minimum atomic E-state index is -0.716. The second-order valence-electron chi connectivity index (χ2n) is 6.98. The van der Waals surface area contributed by atoms with E-state index >= 15 is 0 Å². The molecule has 0 radical (unpaired) electrons. The van der Waals surface area contributed by atoms with Crippen LogP contribution in [-0.2, 0) is 6.61 Å². The molecule has 1 amide bonds. The van der Waals surface area contributed by atoms with Gasteiger partial charge in [0, 0.05) is 17.7 Å². The molecule has 0 fully saturated rings. The quantitative estimate of drug-likeness (QED) is 0.391. The number of nitro benzene ring substituents is 2. The van der Waals surface area contributed by atoms with Gasteiger partial charge in [0.2, 0.25) is 0 Å². The first-order valence-corrected chi connectivity index (χ1v) is 10.1. The van der Waals surface area contributed by atoms with Gasteiger partial charge in [-0.2, -0.15) is 0 Å². The number of ether oxygens (including phenoxy) is 1. The first-order chi connectivity index (χ1) is 14.7. The van der Waals surface area contributed by atoms with E-state index in [-0.39, 0.29) is 17.9 Å². The van der Waals surface area contributed by atoms with Crippen molar-refractivity contribution in [1.82, 2.24) is 0 Å². The molecule has 0 saturated heterocycles. The van der Waals surface area contributed by atoms with Crippen LogP contribution in [-0.4, -0.2) is 15.8 Å². The molecular formula is C21H19N3O6S. The minimum Gasteiger partial charge on any atom is -0.489 e. The van der Waals surface area contributed by atoms with E-state index in [2.05, 4.69) is 5.32 Å². The van der Waals surface area contributed by atoms with Gasteiger partial charge in [-0.1, -0.05) is 12.1 Å². The summed E-state index contributed by atoms with van der Waals surface area (Å²) >= 11 is 1.18. The molecule has 0 aliphatic carbocycles. The van der Waals surface area contributed by atoms with Crippen LogP contribution in [0.4, 0.5) is 17.1 Å². The molecule has 9 nitrogen and oxygen atoms in total. The molecule has 1 aromatic heterocycles. The summed E-state index contributed by atoms with van der Waals surface area (Å²) in [5.41, 5.74) is 1.91. The molecule has 0 bridgehead atoms. The molecule has 0 unspecified atom stereocenters. The SMILES string of the molecule is Cc1ccc(C)c(OCc2csc(C(=O)Nc3cc([N+](=O)[O-])c(C)c([N+](=O)[O-])c3)c2)c1. The smallest absolute Gasteiger partial charge is 0.281 e. The highest BCUT2D eigenvalue weighted by molar-refractivity contribution is 7.12. The molecule has 2 aromatic carbocycles. The molecule has 0 spiro atoms. The maximum Gasteiger partial charge on any atom is 0.281 e. The summed E-state index contributed by atoms with van der Waals surface area (Å²) in [6.45, 7) is 5.49. The molecule has 10 heteroatoms. The Labute approximate surface area is 181 Å². The fraction of sp³-hybridized carbons (Fsp3) is 0.190. The van der Waals surface area contributed by atoms with E-state index < -0.39 is 27.1 Å². The zero-order chi connectivity index (χ0) is 22.7. The number of aryl methyl sites for hydroxylation is 2. The lowest BCUT2D eigenvalue weighted by molar-refractivity contribution is -0.395. The maximum absolute atomic E-state index is 12.6. The third kappa shape index (κ3) is 5.04. The normalized spacial score (nSPS) is 10.5. The first-order valence-electron chi connectivity index (χ1n) is 9.18. The molecule has 31 heavy (non-hydrogen) atoms. The Morgan fingerprint density at radius 1 is 1.03 bits per heavy atom. The molecule has 0 aliphatic rings. The van der Waals surface area contributed by atoms with Gasteiger partial charge >= 0.3 is 0 Å². The van der Waals surface area contributed by atoms with E-state index in [4.69, 9.17) is 4.74 Å². The summed E-state index contributed by atoms with van der Waals surface area (Å²) in [5, 5.41) is 26.7. The highest BCUT2D eigenvalue weighted by Gasteiger charge is 2.24. The van der Waals surface area contributed by atoms with Gasteiger partial charge in [-0.25, -0.2) is 0 Å². The van der Waals surface area contributed by atoms with Crippen molar-refractivity contribution >= 4 is 34.3 Å². The summed E-state index contributed by atoms with van der Waals surface area (Å²) in [5.74, 6) is 0.243. The van der Waals surface area contributed by atoms with Gasteiger partial charge in [-0.3, -0.25) is 25.0 Å². The van der Waals surface area contributed by atoms with Gasteiger partial charge in [0.25, 0.3) is 17.3 Å². The highest BCUT2D eigenvalue weighted by atomic mass is 32.1. The molecule has 1 heterocycles. The summed E-state index contributed by atoms with van der Waals surface area (Å²) in [7, 11) is 0. The summed E-state index contributed by atoms with van der Waals surface area (Å²) in [6.07, 6.45) is 0. The third-order valence-electron chi connectivity index (χ3n) is 4.62. The molecule has 0 saturated carbocycles. The van der Waals surface area contributed by atoms with Crippen molar-refractivity contribution in [3.8, 4) is 5.75 Å². The van der Waals surface area contributed by atoms with Crippen molar-refractivity contribution in [2.75, 3.05) is 5.32 Å². The lowest BCUT2D eigenvalue weighted by Crippen LogP contribution is -2.11. The van der Waals surface area contributed by atoms with Gasteiger partial charge in [0.1, 0.15) is 17.9 Å². The van der Waals surface area contributed by atoms with E-state index in [0.717, 1.165) is 34.6 Å². The Kier molecular flexibility index (Phi) is 6.30. The number of thiophene rings is 1. The van der Waals surface area contributed by atoms with Crippen molar-refractivity contribution in [2.45, 2.75) is 27.4 Å².